The lowest BCUT2D eigenvalue weighted by atomic mass is 9.95. The number of carbonyl (C=O) groups is 1. The normalized spacial score (nSPS) is 28.9. The van der Waals surface area contributed by atoms with E-state index in [1.165, 1.54) is 12.8 Å². The van der Waals surface area contributed by atoms with Crippen LogP contribution in [0.5, 0.6) is 0 Å². The number of rotatable bonds is 7. The molecule has 2 saturated carbocycles. The maximum absolute atomic E-state index is 11.8. The second-order valence-electron chi connectivity index (χ2n) is 5.80. The predicted octanol–water partition coefficient (Wildman–Crippen LogP) is 1.18. The van der Waals surface area contributed by atoms with Crippen molar-refractivity contribution in [3.8, 4) is 0 Å². The molecule has 3 atom stereocenters. The molecule has 2 aliphatic rings. The molecule has 0 aromatic carbocycles. The Morgan fingerprint density at radius 3 is 2.74 bits per heavy atom. The fourth-order valence-corrected chi connectivity index (χ4v) is 4.09. The smallest absolute Gasteiger partial charge is 0.234 e. The molecule has 0 aromatic heterocycles. The van der Waals surface area contributed by atoms with Gasteiger partial charge in [0.05, 0.1) is 6.54 Å². The highest BCUT2D eigenvalue weighted by atomic mass is 32.2. The fourth-order valence-electron chi connectivity index (χ4n) is 2.74. The predicted molar refractivity (Wildman–Crippen MR) is 78.5 cm³/mol. The van der Waals surface area contributed by atoms with Crippen LogP contribution in [0.1, 0.15) is 45.4 Å². The van der Waals surface area contributed by atoms with E-state index in [9.17, 15) is 9.00 Å². The average Bonchev–Trinajstić information content (AvgIpc) is 3.22. The van der Waals surface area contributed by atoms with Crippen molar-refractivity contribution in [3.63, 3.8) is 0 Å². The van der Waals surface area contributed by atoms with Crippen LogP contribution in [0.3, 0.4) is 0 Å². The molecule has 110 valence electrons. The summed E-state index contributed by atoms with van der Waals surface area (Å²) >= 11 is 0. The number of hydrogen-bond donors (Lipinski definition) is 2. The third-order valence-corrected chi connectivity index (χ3v) is 5.80. The molecule has 0 aliphatic heterocycles. The van der Waals surface area contributed by atoms with Gasteiger partial charge in [-0.05, 0) is 44.6 Å². The fraction of sp³-hybridized carbons (Fsp3) is 0.929. The van der Waals surface area contributed by atoms with Gasteiger partial charge in [-0.25, -0.2) is 0 Å². The van der Waals surface area contributed by atoms with Crippen molar-refractivity contribution in [2.24, 2.45) is 5.92 Å². The molecule has 0 bridgehead atoms. The minimum atomic E-state index is -0.719. The summed E-state index contributed by atoms with van der Waals surface area (Å²) in [7, 11) is -0.719. The Balaban J connectivity index is 1.65. The molecule has 0 aromatic rings. The highest BCUT2D eigenvalue weighted by Gasteiger charge is 2.26. The highest BCUT2D eigenvalue weighted by molar-refractivity contribution is 7.85. The van der Waals surface area contributed by atoms with Crippen LogP contribution in [0.4, 0.5) is 0 Å². The lowest BCUT2D eigenvalue weighted by Gasteiger charge is -2.29. The van der Waals surface area contributed by atoms with Crippen molar-refractivity contribution in [1.82, 2.24) is 10.6 Å². The molecule has 2 aliphatic carbocycles. The van der Waals surface area contributed by atoms with E-state index < -0.39 is 10.8 Å². The van der Waals surface area contributed by atoms with Crippen LogP contribution < -0.4 is 10.6 Å². The maximum Gasteiger partial charge on any atom is 0.234 e. The van der Waals surface area contributed by atoms with E-state index in [4.69, 9.17) is 0 Å². The van der Waals surface area contributed by atoms with Gasteiger partial charge in [0.25, 0.3) is 0 Å². The van der Waals surface area contributed by atoms with Crippen molar-refractivity contribution in [3.05, 3.63) is 0 Å². The zero-order valence-corrected chi connectivity index (χ0v) is 12.6. The van der Waals surface area contributed by atoms with Crippen LogP contribution in [-0.2, 0) is 15.6 Å². The maximum atomic E-state index is 11.8. The van der Waals surface area contributed by atoms with Crippen molar-refractivity contribution >= 4 is 16.7 Å². The van der Waals surface area contributed by atoms with Crippen molar-refractivity contribution in [2.75, 3.05) is 18.8 Å². The largest absolute Gasteiger partial charge is 0.352 e. The van der Waals surface area contributed by atoms with Gasteiger partial charge in [0.1, 0.15) is 0 Å². The molecule has 0 spiro atoms. The summed E-state index contributed by atoms with van der Waals surface area (Å²) in [4.78, 5) is 11.8. The molecule has 0 heterocycles. The Morgan fingerprint density at radius 1 is 1.26 bits per heavy atom. The minimum Gasteiger partial charge on any atom is -0.352 e. The molecule has 2 N–H and O–H groups in total. The van der Waals surface area contributed by atoms with E-state index in [2.05, 4.69) is 10.6 Å². The molecule has 0 saturated heterocycles. The molecule has 19 heavy (non-hydrogen) atoms. The second kappa shape index (κ2) is 7.39. The first-order valence-corrected chi connectivity index (χ1v) is 8.94. The van der Waals surface area contributed by atoms with E-state index in [1.54, 1.807) is 0 Å². The quantitative estimate of drug-likeness (QED) is 0.739. The zero-order chi connectivity index (χ0) is 13.7. The van der Waals surface area contributed by atoms with Gasteiger partial charge in [0, 0.05) is 27.8 Å². The van der Waals surface area contributed by atoms with Gasteiger partial charge in [-0.15, -0.1) is 0 Å². The van der Waals surface area contributed by atoms with Gasteiger partial charge in [0.2, 0.25) is 5.91 Å². The molecular weight excluding hydrogens is 260 g/mol. The molecule has 4 nitrogen and oxygen atoms in total. The molecular formula is C14H26N2O2S. The van der Waals surface area contributed by atoms with E-state index in [0.717, 1.165) is 43.9 Å². The van der Waals surface area contributed by atoms with E-state index in [0.29, 0.717) is 6.54 Å². The molecule has 2 rings (SSSR count). The Bertz CT molecular complexity index is 331. The monoisotopic (exact) mass is 286 g/mol. The average molecular weight is 286 g/mol. The van der Waals surface area contributed by atoms with Gasteiger partial charge >= 0.3 is 0 Å². The summed E-state index contributed by atoms with van der Waals surface area (Å²) in [6, 6.07) is 0.226. The lowest BCUT2D eigenvalue weighted by molar-refractivity contribution is -0.121. The van der Waals surface area contributed by atoms with Gasteiger partial charge in [-0.2, -0.15) is 0 Å². The van der Waals surface area contributed by atoms with Crippen molar-refractivity contribution in [2.45, 2.75) is 56.7 Å². The van der Waals surface area contributed by atoms with Crippen LogP contribution in [0.15, 0.2) is 0 Å². The first-order chi connectivity index (χ1) is 9.19. The lowest BCUT2D eigenvalue weighted by Crippen LogP contribution is -2.44. The Hall–Kier alpha value is -0.420. The van der Waals surface area contributed by atoms with Crippen LogP contribution in [0.2, 0.25) is 0 Å². The first-order valence-electron chi connectivity index (χ1n) is 7.56. The van der Waals surface area contributed by atoms with Crippen LogP contribution >= 0.6 is 0 Å². The Labute approximate surface area is 118 Å². The van der Waals surface area contributed by atoms with E-state index >= 15 is 0 Å². The van der Waals surface area contributed by atoms with Gasteiger partial charge in [-0.1, -0.05) is 13.3 Å². The number of hydrogen-bond acceptors (Lipinski definition) is 3. The molecule has 2 fully saturated rings. The van der Waals surface area contributed by atoms with Gasteiger partial charge < -0.3 is 10.6 Å². The molecule has 1 amide bonds. The first kappa shape index (κ1) is 15.0. The summed E-state index contributed by atoms with van der Waals surface area (Å²) in [5.74, 6) is 1.63. The Morgan fingerprint density at radius 2 is 2.05 bits per heavy atom. The van der Waals surface area contributed by atoms with Crippen molar-refractivity contribution in [1.29, 1.82) is 0 Å². The molecule has 0 radical (unpaired) electrons. The minimum absolute atomic E-state index is 0.0913. The summed E-state index contributed by atoms with van der Waals surface area (Å²) in [6.07, 6.45) is 6.66. The third-order valence-electron chi connectivity index (χ3n) is 4.06. The number of amides is 1. The SMILES string of the molecule is CCS(=O)C1CCCC(NC(=O)CNCC2CC2)C1. The summed E-state index contributed by atoms with van der Waals surface area (Å²) < 4.78 is 11.8. The van der Waals surface area contributed by atoms with E-state index in [1.807, 2.05) is 6.92 Å². The van der Waals surface area contributed by atoms with Crippen LogP contribution in [-0.4, -0.2) is 40.3 Å². The van der Waals surface area contributed by atoms with Crippen molar-refractivity contribution < 1.29 is 9.00 Å². The summed E-state index contributed by atoms with van der Waals surface area (Å²) in [5.41, 5.74) is 0. The molecule has 5 heteroatoms. The number of carbonyl (C=O) groups excluding carboxylic acids is 1. The molecule has 3 unspecified atom stereocenters. The van der Waals surface area contributed by atoms with E-state index in [-0.39, 0.29) is 17.2 Å². The standard InChI is InChI=1S/C14H26N2O2S/c1-2-19(18)13-5-3-4-12(8-13)16-14(17)10-15-9-11-6-7-11/h11-13,15H,2-10H2,1H3,(H,16,17). The second-order valence-corrected chi connectivity index (χ2v) is 7.80. The Kier molecular flexibility index (Phi) is 5.82. The van der Waals surface area contributed by atoms with Gasteiger partial charge in [0.15, 0.2) is 0 Å². The third kappa shape index (κ3) is 5.22. The van der Waals surface area contributed by atoms with Gasteiger partial charge in [-0.3, -0.25) is 9.00 Å². The summed E-state index contributed by atoms with van der Waals surface area (Å²) in [5, 5.41) is 6.58. The topological polar surface area (TPSA) is 58.2 Å². The zero-order valence-electron chi connectivity index (χ0n) is 11.8. The van der Waals surface area contributed by atoms with Crippen LogP contribution in [0, 0.1) is 5.92 Å². The summed E-state index contributed by atoms with van der Waals surface area (Å²) in [6.45, 7) is 3.37. The number of nitrogens with one attached hydrogen (secondary N) is 2. The van der Waals surface area contributed by atoms with Crippen LogP contribution in [0.25, 0.3) is 0 Å². The highest BCUT2D eigenvalue weighted by Crippen LogP contribution is 2.27.